The average Bonchev–Trinajstić information content (AvgIpc) is 3.24. The van der Waals surface area contributed by atoms with E-state index in [1.807, 2.05) is 13.0 Å². The lowest BCUT2D eigenvalue weighted by Crippen LogP contribution is -2.33. The van der Waals surface area contributed by atoms with E-state index in [-0.39, 0.29) is 17.4 Å². The zero-order valence-corrected chi connectivity index (χ0v) is 21.9. The number of nitrogens with zero attached hydrogens (tertiary/aromatic N) is 5. The number of pyridine rings is 2. The van der Waals surface area contributed by atoms with Gasteiger partial charge in [0.2, 0.25) is 0 Å². The molecule has 1 N–H and O–H groups in total. The van der Waals surface area contributed by atoms with Crippen molar-refractivity contribution in [2.45, 2.75) is 45.1 Å². The van der Waals surface area contributed by atoms with Gasteiger partial charge in [0.05, 0.1) is 36.4 Å². The highest BCUT2D eigenvalue weighted by Gasteiger charge is 2.31. The predicted octanol–water partition coefficient (Wildman–Crippen LogP) is 5.44. The van der Waals surface area contributed by atoms with Crippen LogP contribution in [0.1, 0.15) is 54.4 Å². The lowest BCUT2D eigenvalue weighted by atomic mass is 9.86. The number of thiazole rings is 1. The van der Waals surface area contributed by atoms with Crippen LogP contribution in [0.25, 0.3) is 21.6 Å². The molecular formula is C25H25ClN6O3S. The van der Waals surface area contributed by atoms with Crippen molar-refractivity contribution in [3.63, 3.8) is 0 Å². The van der Waals surface area contributed by atoms with Crippen molar-refractivity contribution >= 4 is 44.5 Å². The summed E-state index contributed by atoms with van der Waals surface area (Å²) in [5.74, 6) is 0.406. The summed E-state index contributed by atoms with van der Waals surface area (Å²) in [5, 5.41) is 3.58. The van der Waals surface area contributed by atoms with Gasteiger partial charge < -0.3 is 9.47 Å². The molecule has 36 heavy (non-hydrogen) atoms. The molecule has 4 aromatic heterocycles. The highest BCUT2D eigenvalue weighted by atomic mass is 35.5. The Hall–Kier alpha value is -3.21. The number of aryl methyl sites for hydroxylation is 1. The smallest absolute Gasteiger partial charge is 0.259 e. The minimum absolute atomic E-state index is 0.187. The number of fused-ring (bicyclic) bond motifs is 1. The second kappa shape index (κ2) is 9.68. The molecule has 1 aliphatic rings. The van der Waals surface area contributed by atoms with Crippen molar-refractivity contribution in [1.82, 2.24) is 24.9 Å². The molecule has 1 amide bonds. The molecule has 0 saturated carbocycles. The van der Waals surface area contributed by atoms with Gasteiger partial charge in [-0.15, -0.1) is 0 Å². The fraction of sp³-hybridized carbons (Fsp3) is 0.360. The van der Waals surface area contributed by atoms with Crippen LogP contribution in [-0.2, 0) is 4.74 Å². The predicted molar refractivity (Wildman–Crippen MR) is 139 cm³/mol. The summed E-state index contributed by atoms with van der Waals surface area (Å²) in [5.41, 5.74) is 3.60. The van der Waals surface area contributed by atoms with Crippen LogP contribution in [0.4, 0.5) is 5.13 Å². The number of hydrogen-bond donors (Lipinski definition) is 1. The molecule has 186 valence electrons. The summed E-state index contributed by atoms with van der Waals surface area (Å²) >= 11 is 7.43. The summed E-state index contributed by atoms with van der Waals surface area (Å²) in [6, 6.07) is 3.47. The first-order valence-electron chi connectivity index (χ1n) is 11.5. The van der Waals surface area contributed by atoms with E-state index in [1.165, 1.54) is 23.7 Å². The summed E-state index contributed by atoms with van der Waals surface area (Å²) in [4.78, 5) is 36.2. The lowest BCUT2D eigenvalue weighted by Gasteiger charge is -2.35. The van der Waals surface area contributed by atoms with Gasteiger partial charge in [-0.2, -0.15) is 4.98 Å². The van der Waals surface area contributed by atoms with E-state index in [0.29, 0.717) is 49.8 Å². The number of anilines is 1. The molecule has 1 saturated heterocycles. The number of rotatable bonds is 5. The molecule has 1 atom stereocenters. The average molecular weight is 525 g/mol. The van der Waals surface area contributed by atoms with E-state index in [0.717, 1.165) is 24.2 Å². The monoisotopic (exact) mass is 524 g/mol. The van der Waals surface area contributed by atoms with Gasteiger partial charge in [0.15, 0.2) is 15.6 Å². The maximum atomic E-state index is 13.3. The zero-order chi connectivity index (χ0) is 25.4. The van der Waals surface area contributed by atoms with Gasteiger partial charge in [0, 0.05) is 35.5 Å². The zero-order valence-electron chi connectivity index (χ0n) is 20.3. The Balaban J connectivity index is 1.44. The fourth-order valence-corrected chi connectivity index (χ4v) is 5.34. The minimum atomic E-state index is -0.363. The molecule has 5 heterocycles. The molecule has 0 aliphatic carbocycles. The number of carbonyl (C=O) groups excluding carboxylic acids is 1. The molecular weight excluding hydrogens is 500 g/mol. The third-order valence-electron chi connectivity index (χ3n) is 6.11. The molecule has 0 bridgehead atoms. The Bertz CT molecular complexity index is 1460. The fourth-order valence-electron chi connectivity index (χ4n) is 4.39. The number of amides is 1. The van der Waals surface area contributed by atoms with Crippen LogP contribution in [0, 0.1) is 6.92 Å². The number of halogens is 1. The van der Waals surface area contributed by atoms with Gasteiger partial charge in [0.1, 0.15) is 10.9 Å². The Morgan fingerprint density at radius 3 is 2.78 bits per heavy atom. The first-order chi connectivity index (χ1) is 17.2. The highest BCUT2D eigenvalue weighted by molar-refractivity contribution is 7.21. The summed E-state index contributed by atoms with van der Waals surface area (Å²) in [6.45, 7) is 6.73. The maximum Gasteiger partial charge on any atom is 0.259 e. The Morgan fingerprint density at radius 2 is 2.00 bits per heavy atom. The van der Waals surface area contributed by atoms with Gasteiger partial charge >= 0.3 is 0 Å². The number of carbonyl (C=O) groups is 1. The number of hydrogen-bond acceptors (Lipinski definition) is 9. The molecule has 0 radical (unpaired) electrons. The Morgan fingerprint density at radius 1 is 1.17 bits per heavy atom. The summed E-state index contributed by atoms with van der Waals surface area (Å²) in [6.07, 6.45) is 6.61. The van der Waals surface area contributed by atoms with E-state index >= 15 is 0 Å². The first-order valence-corrected chi connectivity index (χ1v) is 12.7. The van der Waals surface area contributed by atoms with Crippen LogP contribution >= 0.6 is 22.9 Å². The molecule has 1 fully saturated rings. The van der Waals surface area contributed by atoms with Gasteiger partial charge in [-0.05, 0) is 45.7 Å². The first kappa shape index (κ1) is 24.5. The second-order valence-corrected chi connectivity index (χ2v) is 10.6. The van der Waals surface area contributed by atoms with Crippen molar-refractivity contribution in [1.29, 1.82) is 0 Å². The molecule has 4 aromatic rings. The van der Waals surface area contributed by atoms with Crippen molar-refractivity contribution in [2.24, 2.45) is 0 Å². The van der Waals surface area contributed by atoms with E-state index in [2.05, 4.69) is 39.1 Å². The molecule has 9 nitrogen and oxygen atoms in total. The maximum absolute atomic E-state index is 13.3. The molecule has 11 heteroatoms. The van der Waals surface area contributed by atoms with Crippen LogP contribution in [0.5, 0.6) is 5.75 Å². The molecule has 1 aliphatic heterocycles. The largest absolute Gasteiger partial charge is 0.494 e. The molecule has 5 rings (SSSR count). The Labute approximate surface area is 217 Å². The normalized spacial score (nSPS) is 17.2. The number of ether oxygens (including phenoxy) is 2. The summed E-state index contributed by atoms with van der Waals surface area (Å²) < 4.78 is 11.3. The SMILES string of the molecule is COc1cnc(Cl)cc1-c1cc(C)ncc1C(=O)Nc1nc2ncc([C@H]3CCOC(C)(C)C3)nc2s1. The van der Waals surface area contributed by atoms with Crippen molar-refractivity contribution in [3.8, 4) is 16.9 Å². The number of aromatic nitrogens is 5. The van der Waals surface area contributed by atoms with E-state index < -0.39 is 0 Å². The van der Waals surface area contributed by atoms with Crippen LogP contribution < -0.4 is 10.1 Å². The van der Waals surface area contributed by atoms with Crippen LogP contribution in [0.2, 0.25) is 5.15 Å². The topological polar surface area (TPSA) is 112 Å². The van der Waals surface area contributed by atoms with Crippen LogP contribution in [0.15, 0.2) is 30.7 Å². The van der Waals surface area contributed by atoms with Gasteiger partial charge in [-0.1, -0.05) is 22.9 Å². The molecule has 0 aromatic carbocycles. The number of methoxy groups -OCH3 is 1. The van der Waals surface area contributed by atoms with E-state index in [1.54, 1.807) is 19.4 Å². The third kappa shape index (κ3) is 5.02. The lowest BCUT2D eigenvalue weighted by molar-refractivity contribution is -0.0597. The summed E-state index contributed by atoms with van der Waals surface area (Å²) in [7, 11) is 1.54. The van der Waals surface area contributed by atoms with Gasteiger partial charge in [0.25, 0.3) is 5.91 Å². The standard InChI is InChI=1S/C25H25ClN6O3S/c1-13-7-15(16-8-20(26)28-12-19(16)34-4)17(10-27-13)22(33)32-24-31-21-23(36-24)30-18(11-29-21)14-5-6-35-25(2,3)9-14/h7-8,10-12,14H,5-6,9H2,1-4H3,(H,29,31,32,33)/t14-/m0/s1. The van der Waals surface area contributed by atoms with Gasteiger partial charge in [-0.3, -0.25) is 15.1 Å². The van der Waals surface area contributed by atoms with Crippen LogP contribution in [-0.4, -0.2) is 50.1 Å². The van der Waals surface area contributed by atoms with Crippen molar-refractivity contribution < 1.29 is 14.3 Å². The molecule has 0 spiro atoms. The van der Waals surface area contributed by atoms with Crippen LogP contribution in [0.3, 0.4) is 0 Å². The highest BCUT2D eigenvalue weighted by Crippen LogP contribution is 2.37. The number of nitrogens with one attached hydrogen (secondary N) is 1. The van der Waals surface area contributed by atoms with Gasteiger partial charge in [-0.25, -0.2) is 15.0 Å². The molecule has 0 unspecified atom stereocenters. The Kier molecular flexibility index (Phi) is 6.59. The van der Waals surface area contributed by atoms with E-state index in [4.69, 9.17) is 26.1 Å². The van der Waals surface area contributed by atoms with Crippen molar-refractivity contribution in [3.05, 3.63) is 52.8 Å². The second-order valence-electron chi connectivity index (χ2n) is 9.27. The van der Waals surface area contributed by atoms with E-state index in [9.17, 15) is 4.79 Å². The minimum Gasteiger partial charge on any atom is -0.494 e. The third-order valence-corrected chi connectivity index (χ3v) is 7.17. The van der Waals surface area contributed by atoms with Crippen molar-refractivity contribution in [2.75, 3.05) is 19.0 Å². The quantitative estimate of drug-likeness (QED) is 0.343.